The van der Waals surface area contributed by atoms with E-state index in [2.05, 4.69) is 10.0 Å². The van der Waals surface area contributed by atoms with Gasteiger partial charge in [0.15, 0.2) is 0 Å². The molecule has 0 unspecified atom stereocenters. The van der Waals surface area contributed by atoms with Crippen LogP contribution < -0.4 is 0 Å². The van der Waals surface area contributed by atoms with Crippen LogP contribution in [0.25, 0.3) is 10.4 Å². The lowest BCUT2D eigenvalue weighted by molar-refractivity contribution is -0.212. The van der Waals surface area contributed by atoms with Crippen LogP contribution in [0.5, 0.6) is 0 Å². The van der Waals surface area contributed by atoms with E-state index in [0.29, 0.717) is 19.8 Å². The SMILES string of the molecule is [N-]=[N+]=N[C@@H]1[C@@H](OCc2ccccc2)[C@@H](OCc2ccccc2)[C@@H](COCc2ccccc2)O[C@@H]1Cl. The number of azide groups is 1. The van der Waals surface area contributed by atoms with E-state index in [9.17, 15) is 5.53 Å². The van der Waals surface area contributed by atoms with E-state index in [-0.39, 0.29) is 6.61 Å². The predicted octanol–water partition coefficient (Wildman–Crippen LogP) is 6.02. The standard InChI is InChI=1S/C27H28ClN3O4/c28-27-24(30-31-29)26(34-18-22-14-8-3-9-15-22)25(33-17-21-12-6-2-7-13-21)23(35-27)19-32-16-20-10-4-1-5-11-20/h1-15,23-27H,16-19H2/t23-,24-,25+,26-,27+/m1/s1. The smallest absolute Gasteiger partial charge is 0.142 e. The minimum absolute atomic E-state index is 0.242. The van der Waals surface area contributed by atoms with Crippen molar-refractivity contribution in [2.75, 3.05) is 6.61 Å². The van der Waals surface area contributed by atoms with Crippen molar-refractivity contribution >= 4 is 11.6 Å². The van der Waals surface area contributed by atoms with Crippen LogP contribution in [-0.2, 0) is 38.8 Å². The molecule has 0 aromatic heterocycles. The van der Waals surface area contributed by atoms with Gasteiger partial charge in [0, 0.05) is 4.91 Å². The van der Waals surface area contributed by atoms with Gasteiger partial charge in [-0.05, 0) is 22.2 Å². The lowest BCUT2D eigenvalue weighted by Crippen LogP contribution is -2.58. The fourth-order valence-corrected chi connectivity index (χ4v) is 4.31. The molecule has 1 heterocycles. The summed E-state index contributed by atoms with van der Waals surface area (Å²) < 4.78 is 24.6. The van der Waals surface area contributed by atoms with Crippen molar-refractivity contribution < 1.29 is 18.9 Å². The first-order chi connectivity index (χ1) is 17.2. The number of ether oxygens (including phenoxy) is 4. The van der Waals surface area contributed by atoms with E-state index < -0.39 is 29.9 Å². The zero-order chi connectivity index (χ0) is 24.3. The number of alkyl halides is 1. The molecule has 0 bridgehead atoms. The van der Waals surface area contributed by atoms with Crippen LogP contribution >= 0.6 is 11.6 Å². The Morgan fingerprint density at radius 3 is 1.74 bits per heavy atom. The third-order valence-corrected chi connectivity index (χ3v) is 6.11. The molecular weight excluding hydrogens is 466 g/mol. The highest BCUT2D eigenvalue weighted by Crippen LogP contribution is 2.32. The largest absolute Gasteiger partial charge is 0.374 e. The molecule has 35 heavy (non-hydrogen) atoms. The third kappa shape index (κ3) is 7.29. The Balaban J connectivity index is 1.52. The van der Waals surface area contributed by atoms with E-state index in [1.807, 2.05) is 91.0 Å². The monoisotopic (exact) mass is 493 g/mol. The minimum atomic E-state index is -0.881. The van der Waals surface area contributed by atoms with Gasteiger partial charge in [0.1, 0.15) is 23.8 Å². The fraction of sp³-hybridized carbons (Fsp3) is 0.333. The van der Waals surface area contributed by atoms with Crippen LogP contribution in [0.2, 0.25) is 0 Å². The molecule has 182 valence electrons. The van der Waals surface area contributed by atoms with E-state index in [1.54, 1.807) is 0 Å². The molecule has 5 atom stereocenters. The molecule has 0 radical (unpaired) electrons. The van der Waals surface area contributed by atoms with E-state index >= 15 is 0 Å². The van der Waals surface area contributed by atoms with Crippen molar-refractivity contribution in [3.63, 3.8) is 0 Å². The Hall–Kier alpha value is -2.90. The molecule has 4 rings (SSSR count). The van der Waals surface area contributed by atoms with E-state index in [1.165, 1.54) is 0 Å². The molecule has 0 N–H and O–H groups in total. The summed E-state index contributed by atoms with van der Waals surface area (Å²) in [6.45, 7) is 1.32. The average molecular weight is 494 g/mol. The van der Waals surface area contributed by atoms with Crippen LogP contribution in [0.1, 0.15) is 16.7 Å². The molecule has 3 aromatic rings. The zero-order valence-corrected chi connectivity index (χ0v) is 20.0. The molecule has 0 amide bonds. The van der Waals surface area contributed by atoms with Crippen LogP contribution in [0, 0.1) is 0 Å². The van der Waals surface area contributed by atoms with Gasteiger partial charge in [-0.2, -0.15) is 0 Å². The van der Waals surface area contributed by atoms with Gasteiger partial charge < -0.3 is 18.9 Å². The van der Waals surface area contributed by atoms with Gasteiger partial charge in [-0.3, -0.25) is 0 Å². The van der Waals surface area contributed by atoms with E-state index in [0.717, 1.165) is 16.7 Å². The molecule has 1 aliphatic heterocycles. The van der Waals surface area contributed by atoms with Crippen LogP contribution in [0.4, 0.5) is 0 Å². The summed E-state index contributed by atoms with van der Waals surface area (Å²) in [6, 6.07) is 28.7. The Labute approximate surface area is 210 Å². The maximum atomic E-state index is 9.19. The third-order valence-electron chi connectivity index (χ3n) is 5.75. The van der Waals surface area contributed by atoms with Crippen molar-refractivity contribution in [1.29, 1.82) is 0 Å². The number of hydrogen-bond acceptors (Lipinski definition) is 5. The van der Waals surface area contributed by atoms with Crippen LogP contribution in [-0.4, -0.2) is 36.5 Å². The summed E-state index contributed by atoms with van der Waals surface area (Å²) in [6.07, 6.45) is -1.72. The van der Waals surface area contributed by atoms with Crippen LogP contribution in [0.15, 0.2) is 96.1 Å². The Kier molecular flexibility index (Phi) is 9.55. The van der Waals surface area contributed by atoms with Gasteiger partial charge in [-0.25, -0.2) is 0 Å². The second-order valence-electron chi connectivity index (χ2n) is 8.24. The summed E-state index contributed by atoms with van der Waals surface area (Å²) in [5, 5.41) is 3.90. The number of hydrogen-bond donors (Lipinski definition) is 0. The molecule has 3 aromatic carbocycles. The van der Waals surface area contributed by atoms with Gasteiger partial charge in [0.2, 0.25) is 0 Å². The fourth-order valence-electron chi connectivity index (χ4n) is 3.99. The Bertz CT molecular complexity index is 1070. The number of halogens is 1. The lowest BCUT2D eigenvalue weighted by Gasteiger charge is -2.43. The summed E-state index contributed by atoms with van der Waals surface area (Å²) >= 11 is 6.53. The Morgan fingerprint density at radius 1 is 0.743 bits per heavy atom. The highest BCUT2D eigenvalue weighted by Gasteiger charge is 2.46. The molecule has 1 saturated heterocycles. The summed E-state index contributed by atoms with van der Waals surface area (Å²) in [7, 11) is 0. The summed E-state index contributed by atoms with van der Waals surface area (Å²) in [5.74, 6) is 0. The van der Waals surface area contributed by atoms with Crippen molar-refractivity contribution in [2.45, 2.75) is 49.7 Å². The molecular formula is C27H28ClN3O4. The molecule has 7 nitrogen and oxygen atoms in total. The molecule has 0 aliphatic carbocycles. The van der Waals surface area contributed by atoms with Crippen molar-refractivity contribution in [1.82, 2.24) is 0 Å². The maximum absolute atomic E-state index is 9.19. The average Bonchev–Trinajstić information content (AvgIpc) is 2.90. The predicted molar refractivity (Wildman–Crippen MR) is 134 cm³/mol. The second kappa shape index (κ2) is 13.3. The van der Waals surface area contributed by atoms with Gasteiger partial charge in [0.05, 0.1) is 32.5 Å². The minimum Gasteiger partial charge on any atom is -0.374 e. The summed E-state index contributed by atoms with van der Waals surface area (Å²) in [4.78, 5) is 2.99. The lowest BCUT2D eigenvalue weighted by atomic mass is 9.97. The molecule has 1 aliphatic rings. The maximum Gasteiger partial charge on any atom is 0.142 e. The van der Waals surface area contributed by atoms with Crippen molar-refractivity contribution in [3.05, 3.63) is 118 Å². The quantitative estimate of drug-likeness (QED) is 0.141. The van der Waals surface area contributed by atoms with E-state index in [4.69, 9.17) is 30.5 Å². The number of rotatable bonds is 11. The first-order valence-corrected chi connectivity index (χ1v) is 11.9. The summed E-state index contributed by atoms with van der Waals surface area (Å²) in [5.41, 5.74) is 11.4. The highest BCUT2D eigenvalue weighted by atomic mass is 35.5. The van der Waals surface area contributed by atoms with Gasteiger partial charge in [-0.1, -0.05) is 108 Å². The van der Waals surface area contributed by atoms with Gasteiger partial charge in [0.25, 0.3) is 0 Å². The molecule has 0 spiro atoms. The second-order valence-corrected chi connectivity index (χ2v) is 8.67. The number of benzene rings is 3. The first-order valence-electron chi connectivity index (χ1n) is 11.5. The first kappa shape index (κ1) is 25.2. The molecule has 1 fully saturated rings. The highest BCUT2D eigenvalue weighted by molar-refractivity contribution is 6.20. The topological polar surface area (TPSA) is 85.7 Å². The number of nitrogens with zero attached hydrogens (tertiary/aromatic N) is 3. The Morgan fingerprint density at radius 2 is 1.23 bits per heavy atom. The normalized spacial score (nSPS) is 24.0. The zero-order valence-electron chi connectivity index (χ0n) is 19.2. The molecule has 0 saturated carbocycles. The molecule has 8 heteroatoms. The van der Waals surface area contributed by atoms with Crippen molar-refractivity contribution in [2.24, 2.45) is 5.11 Å². The van der Waals surface area contributed by atoms with Gasteiger partial charge in [-0.15, -0.1) is 0 Å². The van der Waals surface area contributed by atoms with Crippen molar-refractivity contribution in [3.8, 4) is 0 Å². The van der Waals surface area contributed by atoms with Gasteiger partial charge >= 0.3 is 0 Å². The van der Waals surface area contributed by atoms with Crippen LogP contribution in [0.3, 0.4) is 0 Å².